The zero-order valence-corrected chi connectivity index (χ0v) is 19.4. The quantitative estimate of drug-likeness (QED) is 0.566. The van der Waals surface area contributed by atoms with E-state index in [1.54, 1.807) is 0 Å². The molecule has 30 heavy (non-hydrogen) atoms. The van der Waals surface area contributed by atoms with Gasteiger partial charge in [-0.15, -0.1) is 11.3 Å². The normalized spacial score (nSPS) is 25.4. The minimum Gasteiger partial charge on any atom is -0.466 e. The monoisotopic (exact) mass is 434 g/mol. The van der Waals surface area contributed by atoms with Crippen LogP contribution < -0.4 is 0 Å². The van der Waals surface area contributed by atoms with E-state index in [-0.39, 0.29) is 17.5 Å². The van der Waals surface area contributed by atoms with Crippen molar-refractivity contribution in [2.24, 2.45) is 5.41 Å². The molecule has 0 bridgehead atoms. The fourth-order valence-corrected chi connectivity index (χ4v) is 6.40. The molecule has 3 fully saturated rings. The van der Waals surface area contributed by atoms with Crippen LogP contribution in [0.1, 0.15) is 68.0 Å². The van der Waals surface area contributed by atoms with Gasteiger partial charge in [-0.05, 0) is 96.6 Å². The Labute approximate surface area is 185 Å². The number of ether oxygens (including phenoxy) is 2. The summed E-state index contributed by atoms with van der Waals surface area (Å²) in [5, 5.41) is 0. The molecule has 0 aliphatic carbocycles. The van der Waals surface area contributed by atoms with E-state index in [0.717, 1.165) is 64.9 Å². The van der Waals surface area contributed by atoms with E-state index in [2.05, 4.69) is 21.9 Å². The van der Waals surface area contributed by atoms with Crippen molar-refractivity contribution in [2.75, 3.05) is 39.4 Å². The Hall–Kier alpha value is -0.950. The second-order valence-corrected chi connectivity index (χ2v) is 10.6. The van der Waals surface area contributed by atoms with Gasteiger partial charge in [0, 0.05) is 29.5 Å². The molecule has 5 nitrogen and oxygen atoms in total. The Balaban J connectivity index is 1.31. The SMILES string of the molecule is CCOC(=O)C1(C[C@@H]2CCCCO2)CCN(Cc2ccc(CN3CCCC3)s2)CC1. The van der Waals surface area contributed by atoms with E-state index in [4.69, 9.17) is 9.47 Å². The van der Waals surface area contributed by atoms with Crippen LogP contribution in [0, 0.1) is 5.41 Å². The fraction of sp³-hybridized carbons (Fsp3) is 0.792. The maximum Gasteiger partial charge on any atom is 0.312 e. The third kappa shape index (κ3) is 5.64. The van der Waals surface area contributed by atoms with Crippen LogP contribution in [-0.2, 0) is 27.4 Å². The third-order valence-electron chi connectivity index (χ3n) is 7.09. The van der Waals surface area contributed by atoms with Gasteiger partial charge in [0.25, 0.3) is 0 Å². The van der Waals surface area contributed by atoms with Crippen LogP contribution in [0.25, 0.3) is 0 Å². The Morgan fingerprint density at radius 3 is 2.33 bits per heavy atom. The molecule has 0 radical (unpaired) electrons. The number of piperidine rings is 1. The summed E-state index contributed by atoms with van der Waals surface area (Å²) in [6, 6.07) is 4.62. The molecule has 0 unspecified atom stereocenters. The molecule has 3 saturated heterocycles. The average molecular weight is 435 g/mol. The van der Waals surface area contributed by atoms with Crippen LogP contribution in [0.15, 0.2) is 12.1 Å². The summed E-state index contributed by atoms with van der Waals surface area (Å²) in [5.74, 6) is 0.00264. The lowest BCUT2D eigenvalue weighted by atomic mass is 9.73. The van der Waals surface area contributed by atoms with Crippen LogP contribution in [0.4, 0.5) is 0 Å². The first-order valence-corrected chi connectivity index (χ1v) is 12.8. The minimum atomic E-state index is -0.356. The van der Waals surface area contributed by atoms with Crippen LogP contribution >= 0.6 is 11.3 Å². The zero-order chi connectivity index (χ0) is 20.8. The van der Waals surface area contributed by atoms with E-state index >= 15 is 0 Å². The Kier molecular flexibility index (Phi) is 7.85. The predicted molar refractivity (Wildman–Crippen MR) is 121 cm³/mol. The molecule has 0 saturated carbocycles. The van der Waals surface area contributed by atoms with Crippen molar-refractivity contribution in [3.8, 4) is 0 Å². The Morgan fingerprint density at radius 1 is 1.07 bits per heavy atom. The smallest absolute Gasteiger partial charge is 0.312 e. The molecule has 6 heteroatoms. The summed E-state index contributed by atoms with van der Waals surface area (Å²) < 4.78 is 11.5. The van der Waals surface area contributed by atoms with Gasteiger partial charge in [-0.25, -0.2) is 0 Å². The van der Waals surface area contributed by atoms with E-state index in [1.165, 1.54) is 42.1 Å². The number of rotatable bonds is 8. The first kappa shape index (κ1) is 22.3. The van der Waals surface area contributed by atoms with Gasteiger partial charge >= 0.3 is 5.97 Å². The van der Waals surface area contributed by atoms with Crippen LogP contribution in [-0.4, -0.2) is 61.3 Å². The Bertz CT molecular complexity index is 672. The average Bonchev–Trinajstić information content (AvgIpc) is 3.43. The van der Waals surface area contributed by atoms with Gasteiger partial charge in [0.15, 0.2) is 0 Å². The van der Waals surface area contributed by atoms with Crippen molar-refractivity contribution in [1.82, 2.24) is 9.80 Å². The lowest BCUT2D eigenvalue weighted by molar-refractivity contribution is -0.162. The van der Waals surface area contributed by atoms with Gasteiger partial charge in [-0.3, -0.25) is 14.6 Å². The number of carbonyl (C=O) groups is 1. The molecule has 0 amide bonds. The van der Waals surface area contributed by atoms with Crippen LogP contribution in [0.3, 0.4) is 0 Å². The second-order valence-electron chi connectivity index (χ2n) is 9.32. The highest BCUT2D eigenvalue weighted by Crippen LogP contribution is 2.40. The minimum absolute atomic E-state index is 0.00264. The zero-order valence-electron chi connectivity index (χ0n) is 18.6. The number of thiophene rings is 1. The van der Waals surface area contributed by atoms with Crippen molar-refractivity contribution in [3.05, 3.63) is 21.9 Å². The molecule has 1 aromatic heterocycles. The lowest BCUT2D eigenvalue weighted by Gasteiger charge is -2.42. The van der Waals surface area contributed by atoms with E-state index in [0.29, 0.717) is 6.61 Å². The van der Waals surface area contributed by atoms with Crippen molar-refractivity contribution in [1.29, 1.82) is 0 Å². The van der Waals surface area contributed by atoms with E-state index in [1.807, 2.05) is 18.3 Å². The number of hydrogen-bond acceptors (Lipinski definition) is 6. The lowest BCUT2D eigenvalue weighted by Crippen LogP contribution is -2.47. The largest absolute Gasteiger partial charge is 0.466 e. The summed E-state index contributed by atoms with van der Waals surface area (Å²) in [6.07, 6.45) is 8.97. The molecule has 0 N–H and O–H groups in total. The number of nitrogens with zero attached hydrogens (tertiary/aromatic N) is 2. The molecule has 1 atom stereocenters. The summed E-state index contributed by atoms with van der Waals surface area (Å²) in [5.41, 5.74) is -0.356. The predicted octanol–water partition coefficient (Wildman–Crippen LogP) is 4.45. The Morgan fingerprint density at radius 2 is 1.73 bits per heavy atom. The topological polar surface area (TPSA) is 42.0 Å². The molecule has 168 valence electrons. The highest BCUT2D eigenvalue weighted by Gasteiger charge is 2.44. The summed E-state index contributed by atoms with van der Waals surface area (Å²) in [7, 11) is 0. The van der Waals surface area contributed by atoms with Crippen LogP contribution in [0.5, 0.6) is 0 Å². The first-order valence-electron chi connectivity index (χ1n) is 12.0. The van der Waals surface area contributed by atoms with Gasteiger partial charge in [-0.1, -0.05) is 0 Å². The summed E-state index contributed by atoms with van der Waals surface area (Å²) in [6.45, 7) is 9.75. The summed E-state index contributed by atoms with van der Waals surface area (Å²) in [4.78, 5) is 20.9. The highest BCUT2D eigenvalue weighted by molar-refractivity contribution is 7.11. The third-order valence-corrected chi connectivity index (χ3v) is 8.14. The molecular weight excluding hydrogens is 396 g/mol. The van der Waals surface area contributed by atoms with E-state index < -0.39 is 0 Å². The van der Waals surface area contributed by atoms with Gasteiger partial charge < -0.3 is 9.47 Å². The van der Waals surface area contributed by atoms with Crippen molar-refractivity contribution in [3.63, 3.8) is 0 Å². The van der Waals surface area contributed by atoms with Gasteiger partial charge in [0.05, 0.1) is 18.1 Å². The maximum atomic E-state index is 12.9. The van der Waals surface area contributed by atoms with Crippen LogP contribution in [0.2, 0.25) is 0 Å². The molecule has 3 aliphatic heterocycles. The number of carbonyl (C=O) groups excluding carboxylic acids is 1. The highest BCUT2D eigenvalue weighted by atomic mass is 32.1. The molecule has 0 aromatic carbocycles. The standard InChI is InChI=1S/C24H38N2O3S/c1-2-28-23(27)24(17-20-7-3-6-16-29-20)10-14-26(15-11-24)19-22-9-8-21(30-22)18-25-12-4-5-13-25/h8-9,20H,2-7,10-19H2,1H3/t20-/m0/s1. The van der Waals surface area contributed by atoms with Gasteiger partial charge in [0.2, 0.25) is 0 Å². The summed E-state index contributed by atoms with van der Waals surface area (Å²) >= 11 is 1.96. The van der Waals surface area contributed by atoms with Crippen molar-refractivity contribution in [2.45, 2.75) is 77.5 Å². The molecule has 4 heterocycles. The van der Waals surface area contributed by atoms with Gasteiger partial charge in [0.1, 0.15) is 0 Å². The molecule has 4 rings (SSSR count). The number of likely N-dealkylation sites (tertiary alicyclic amines) is 2. The molecule has 3 aliphatic rings. The van der Waals surface area contributed by atoms with Crippen molar-refractivity contribution < 1.29 is 14.3 Å². The maximum absolute atomic E-state index is 12.9. The fourth-order valence-electron chi connectivity index (χ4n) is 5.29. The first-order chi connectivity index (χ1) is 14.7. The molecule has 0 spiro atoms. The number of esters is 1. The van der Waals surface area contributed by atoms with Crippen molar-refractivity contribution >= 4 is 17.3 Å². The number of hydrogen-bond donors (Lipinski definition) is 0. The van der Waals surface area contributed by atoms with E-state index in [9.17, 15) is 4.79 Å². The second kappa shape index (κ2) is 10.6. The molecule has 1 aromatic rings. The van der Waals surface area contributed by atoms with Gasteiger partial charge in [-0.2, -0.15) is 0 Å². The molecular formula is C24H38N2O3S.